The maximum Gasteiger partial charge on any atom is 0.163 e. The van der Waals surface area contributed by atoms with Gasteiger partial charge in [-0.15, -0.1) is 0 Å². The maximum atomic E-state index is 5.33. The zero-order valence-electron chi connectivity index (χ0n) is 5.96. The highest BCUT2D eigenvalue weighted by atomic mass is 32.2. The van der Waals surface area contributed by atoms with Gasteiger partial charge < -0.3 is 11.1 Å². The monoisotopic (exact) mass is 176 g/mol. The molecule has 1 rings (SSSR count). The molecular weight excluding hydrogens is 164 g/mol. The van der Waals surface area contributed by atoms with Crippen molar-refractivity contribution < 1.29 is 0 Å². The second kappa shape index (κ2) is 3.44. The van der Waals surface area contributed by atoms with Gasteiger partial charge >= 0.3 is 0 Å². The lowest BCUT2D eigenvalue weighted by atomic mass is 10.2. The summed E-state index contributed by atoms with van der Waals surface area (Å²) in [4.78, 5) is 0. The van der Waals surface area contributed by atoms with Crippen LogP contribution in [0.1, 0.15) is 13.3 Å². The smallest absolute Gasteiger partial charge is 0.163 e. The summed E-state index contributed by atoms with van der Waals surface area (Å²) in [5.74, 6) is 1.14. The summed E-state index contributed by atoms with van der Waals surface area (Å²) < 4.78 is 0. The average Bonchev–Trinajstić information content (AvgIpc) is 2.13. The largest absolute Gasteiger partial charge is 0.376 e. The Morgan fingerprint density at radius 3 is 2.90 bits per heavy atom. The van der Waals surface area contributed by atoms with Crippen molar-refractivity contribution in [2.75, 3.05) is 5.75 Å². The fourth-order valence-corrected chi connectivity index (χ4v) is 2.43. The standard InChI is InChI=1S/C6H12N2S2/c1-4-2-5(3-10-4)8-6(7)9/h4-5H,2-3H2,1H3,(H3,7,8,9). The van der Waals surface area contributed by atoms with Crippen molar-refractivity contribution in [3.8, 4) is 0 Å². The SMILES string of the molecule is CC1CC(NC(N)=S)CS1. The van der Waals surface area contributed by atoms with Crippen LogP contribution in [-0.2, 0) is 0 Å². The molecule has 2 nitrogen and oxygen atoms in total. The van der Waals surface area contributed by atoms with Gasteiger partial charge in [-0.3, -0.25) is 0 Å². The molecule has 1 saturated heterocycles. The highest BCUT2D eigenvalue weighted by Gasteiger charge is 2.21. The fourth-order valence-electron chi connectivity index (χ4n) is 1.12. The minimum absolute atomic E-state index is 0.430. The van der Waals surface area contributed by atoms with Gasteiger partial charge in [0.1, 0.15) is 0 Å². The molecule has 0 spiro atoms. The van der Waals surface area contributed by atoms with Crippen LogP contribution in [0.15, 0.2) is 0 Å². The van der Waals surface area contributed by atoms with Gasteiger partial charge in [0.05, 0.1) is 0 Å². The van der Waals surface area contributed by atoms with Crippen LogP contribution in [0.2, 0.25) is 0 Å². The number of nitrogens with two attached hydrogens (primary N) is 1. The summed E-state index contributed by atoms with van der Waals surface area (Å²) >= 11 is 6.70. The first-order valence-corrected chi connectivity index (χ1v) is 4.81. The van der Waals surface area contributed by atoms with Crippen LogP contribution >= 0.6 is 24.0 Å². The van der Waals surface area contributed by atoms with Gasteiger partial charge in [-0.1, -0.05) is 6.92 Å². The van der Waals surface area contributed by atoms with Gasteiger partial charge in [0.15, 0.2) is 5.11 Å². The van der Waals surface area contributed by atoms with Crippen LogP contribution in [0.5, 0.6) is 0 Å². The van der Waals surface area contributed by atoms with Crippen molar-refractivity contribution >= 4 is 29.1 Å². The van der Waals surface area contributed by atoms with E-state index in [1.165, 1.54) is 6.42 Å². The summed E-state index contributed by atoms with van der Waals surface area (Å²) in [6.07, 6.45) is 1.18. The fraction of sp³-hybridized carbons (Fsp3) is 0.833. The summed E-state index contributed by atoms with van der Waals surface area (Å²) in [5, 5.41) is 4.25. The average molecular weight is 176 g/mol. The van der Waals surface area contributed by atoms with Crippen molar-refractivity contribution in [2.45, 2.75) is 24.6 Å². The molecule has 58 valence electrons. The van der Waals surface area contributed by atoms with Crippen LogP contribution in [0, 0.1) is 0 Å². The molecule has 0 saturated carbocycles. The Morgan fingerprint density at radius 1 is 1.80 bits per heavy atom. The highest BCUT2D eigenvalue weighted by molar-refractivity contribution is 8.00. The van der Waals surface area contributed by atoms with Crippen LogP contribution < -0.4 is 11.1 Å². The highest BCUT2D eigenvalue weighted by Crippen LogP contribution is 2.25. The molecule has 3 N–H and O–H groups in total. The first-order valence-electron chi connectivity index (χ1n) is 3.36. The van der Waals surface area contributed by atoms with Gasteiger partial charge in [0, 0.05) is 17.0 Å². The molecule has 1 aliphatic heterocycles. The Bertz CT molecular complexity index is 138. The van der Waals surface area contributed by atoms with E-state index in [4.69, 9.17) is 18.0 Å². The minimum Gasteiger partial charge on any atom is -0.376 e. The van der Waals surface area contributed by atoms with Gasteiger partial charge in [-0.2, -0.15) is 11.8 Å². The van der Waals surface area contributed by atoms with Crippen molar-refractivity contribution in [1.82, 2.24) is 5.32 Å². The summed E-state index contributed by atoms with van der Waals surface area (Å²) in [7, 11) is 0. The maximum absolute atomic E-state index is 5.33. The molecule has 2 unspecified atom stereocenters. The third kappa shape index (κ3) is 2.34. The molecule has 2 atom stereocenters. The first-order chi connectivity index (χ1) is 4.68. The predicted octanol–water partition coefficient (Wildman–Crippen LogP) is 0.714. The van der Waals surface area contributed by atoms with Gasteiger partial charge in [0.2, 0.25) is 0 Å². The van der Waals surface area contributed by atoms with Crippen molar-refractivity contribution in [1.29, 1.82) is 0 Å². The summed E-state index contributed by atoms with van der Waals surface area (Å²) in [6, 6.07) is 0.512. The third-order valence-electron chi connectivity index (χ3n) is 1.54. The molecule has 0 aromatic carbocycles. The third-order valence-corrected chi connectivity index (χ3v) is 3.02. The summed E-state index contributed by atoms with van der Waals surface area (Å²) in [5.41, 5.74) is 5.33. The zero-order valence-corrected chi connectivity index (χ0v) is 7.60. The lowest BCUT2D eigenvalue weighted by molar-refractivity contribution is 0.643. The molecule has 0 aromatic rings. The Balaban J connectivity index is 2.24. The van der Waals surface area contributed by atoms with E-state index in [0.29, 0.717) is 11.2 Å². The molecule has 1 fully saturated rings. The van der Waals surface area contributed by atoms with E-state index < -0.39 is 0 Å². The second-order valence-electron chi connectivity index (χ2n) is 2.59. The number of thiocarbonyl (C=S) groups is 1. The van der Waals surface area contributed by atoms with E-state index in [9.17, 15) is 0 Å². The van der Waals surface area contributed by atoms with E-state index >= 15 is 0 Å². The van der Waals surface area contributed by atoms with Crippen LogP contribution in [-0.4, -0.2) is 22.2 Å². The van der Waals surface area contributed by atoms with Gasteiger partial charge in [-0.25, -0.2) is 0 Å². The molecule has 0 aromatic heterocycles. The first kappa shape index (κ1) is 8.14. The Morgan fingerprint density at radius 2 is 2.50 bits per heavy atom. The number of thioether (sulfide) groups is 1. The van der Waals surface area contributed by atoms with E-state index in [-0.39, 0.29) is 0 Å². The minimum atomic E-state index is 0.430. The van der Waals surface area contributed by atoms with E-state index in [0.717, 1.165) is 11.0 Å². The molecular formula is C6H12N2S2. The van der Waals surface area contributed by atoms with E-state index in [2.05, 4.69) is 12.2 Å². The molecule has 10 heavy (non-hydrogen) atoms. The molecule has 0 bridgehead atoms. The predicted molar refractivity (Wildman–Crippen MR) is 50.2 cm³/mol. The molecule has 0 amide bonds. The topological polar surface area (TPSA) is 38.0 Å². The number of nitrogens with one attached hydrogen (secondary N) is 1. The second-order valence-corrected chi connectivity index (χ2v) is 4.50. The summed E-state index contributed by atoms with van der Waals surface area (Å²) in [6.45, 7) is 2.23. The van der Waals surface area contributed by atoms with Crippen LogP contribution in [0.3, 0.4) is 0 Å². The normalized spacial score (nSPS) is 32.1. The Hall–Kier alpha value is 0.0400. The van der Waals surface area contributed by atoms with Crippen molar-refractivity contribution in [3.05, 3.63) is 0 Å². The van der Waals surface area contributed by atoms with Crippen LogP contribution in [0.4, 0.5) is 0 Å². The molecule has 0 aliphatic carbocycles. The van der Waals surface area contributed by atoms with Gasteiger partial charge in [0.25, 0.3) is 0 Å². The molecule has 1 heterocycles. The van der Waals surface area contributed by atoms with E-state index in [1.807, 2.05) is 11.8 Å². The number of rotatable bonds is 1. The number of hydrogen-bond donors (Lipinski definition) is 2. The lowest BCUT2D eigenvalue weighted by Gasteiger charge is -2.09. The lowest BCUT2D eigenvalue weighted by Crippen LogP contribution is -2.38. The van der Waals surface area contributed by atoms with Crippen molar-refractivity contribution in [3.63, 3.8) is 0 Å². The van der Waals surface area contributed by atoms with E-state index in [1.54, 1.807) is 0 Å². The van der Waals surface area contributed by atoms with Gasteiger partial charge in [-0.05, 0) is 18.6 Å². The Labute approximate surface area is 70.9 Å². The quantitative estimate of drug-likeness (QED) is 0.577. The molecule has 0 radical (unpaired) electrons. The number of hydrogen-bond acceptors (Lipinski definition) is 2. The van der Waals surface area contributed by atoms with Crippen molar-refractivity contribution in [2.24, 2.45) is 5.73 Å². The molecule has 4 heteroatoms. The Kier molecular flexibility index (Phi) is 2.80. The molecule has 1 aliphatic rings. The zero-order chi connectivity index (χ0) is 7.56. The van der Waals surface area contributed by atoms with Crippen LogP contribution in [0.25, 0.3) is 0 Å².